The van der Waals surface area contributed by atoms with E-state index < -0.39 is 0 Å². The molecule has 21 heavy (non-hydrogen) atoms. The molecule has 4 atom stereocenters. The lowest BCUT2D eigenvalue weighted by Crippen LogP contribution is -2.19. The normalized spacial score (nSPS) is 19.4. The van der Waals surface area contributed by atoms with E-state index >= 15 is 0 Å². The molecule has 0 aromatic rings. The molecule has 1 rings (SSSR count). The highest BCUT2D eigenvalue weighted by atomic mass is 31.1. The van der Waals surface area contributed by atoms with Crippen molar-refractivity contribution < 1.29 is 0 Å². The van der Waals surface area contributed by atoms with Crippen molar-refractivity contribution in [2.24, 2.45) is 0 Å². The van der Waals surface area contributed by atoms with Crippen molar-refractivity contribution in [1.29, 1.82) is 0 Å². The second-order valence-electron chi connectivity index (χ2n) is 6.62. The Labute approximate surface area is 134 Å². The molecule has 0 N–H and O–H groups in total. The van der Waals surface area contributed by atoms with Crippen LogP contribution in [0.3, 0.4) is 0 Å². The summed E-state index contributed by atoms with van der Waals surface area (Å²) < 4.78 is 0. The fourth-order valence-corrected chi connectivity index (χ4v) is 7.42. The smallest absolute Gasteiger partial charge is 0.0812 e. The standard InChI is InChI=1S/C19H34P2/c1-7-18(20(3)4)19(21(5)6)11-9-8-10-17-14-12-16(2)13-15-17/h12,15,18-19H,3,5,7-11,13-14H2,1-2,4,6H3/q+2. The van der Waals surface area contributed by atoms with E-state index in [1.54, 1.807) is 5.57 Å². The highest BCUT2D eigenvalue weighted by Gasteiger charge is 2.34. The van der Waals surface area contributed by atoms with Crippen LogP contribution < -0.4 is 0 Å². The number of rotatable bonds is 9. The second-order valence-corrected chi connectivity index (χ2v) is 11.0. The van der Waals surface area contributed by atoms with Crippen LogP contribution in [0.4, 0.5) is 0 Å². The first-order valence-corrected chi connectivity index (χ1v) is 12.4. The van der Waals surface area contributed by atoms with Gasteiger partial charge in [0.25, 0.3) is 0 Å². The highest BCUT2D eigenvalue weighted by molar-refractivity contribution is 7.60. The maximum absolute atomic E-state index is 4.40. The summed E-state index contributed by atoms with van der Waals surface area (Å²) in [7, 11) is -0.143. The molecular weight excluding hydrogens is 290 g/mol. The summed E-state index contributed by atoms with van der Waals surface area (Å²) in [6, 6.07) is 0. The summed E-state index contributed by atoms with van der Waals surface area (Å²) in [6.45, 7) is 9.28. The molecule has 0 amide bonds. The number of allylic oxidation sites excluding steroid dienone is 4. The van der Waals surface area contributed by atoms with Crippen LogP contribution in [0.25, 0.3) is 0 Å². The van der Waals surface area contributed by atoms with Crippen molar-refractivity contribution >= 4 is 27.7 Å². The minimum Gasteiger partial charge on any atom is -0.0812 e. The molecule has 118 valence electrons. The Balaban J connectivity index is 2.38. The quantitative estimate of drug-likeness (QED) is 0.260. The van der Waals surface area contributed by atoms with Gasteiger partial charge in [0.2, 0.25) is 0 Å². The van der Waals surface area contributed by atoms with Gasteiger partial charge >= 0.3 is 0 Å². The van der Waals surface area contributed by atoms with Gasteiger partial charge in [0.15, 0.2) is 11.3 Å². The van der Waals surface area contributed by atoms with Gasteiger partial charge in [-0.3, -0.25) is 0 Å². The summed E-state index contributed by atoms with van der Waals surface area (Å²) >= 11 is 0. The zero-order valence-electron chi connectivity index (χ0n) is 14.6. The first kappa shape index (κ1) is 18.9. The van der Waals surface area contributed by atoms with Gasteiger partial charge in [-0.05, 0) is 51.9 Å². The minimum atomic E-state index is -0.0765. The number of hydrogen-bond acceptors (Lipinski definition) is 0. The van der Waals surface area contributed by atoms with Crippen molar-refractivity contribution in [1.82, 2.24) is 0 Å². The molecule has 0 nitrogen and oxygen atoms in total. The Morgan fingerprint density at radius 3 is 2.19 bits per heavy atom. The van der Waals surface area contributed by atoms with Crippen molar-refractivity contribution in [3.05, 3.63) is 23.3 Å². The maximum atomic E-state index is 4.40. The third kappa shape index (κ3) is 6.63. The lowest BCUT2D eigenvalue weighted by atomic mass is 9.96. The number of unbranched alkanes of at least 4 members (excludes halogenated alkanes) is 1. The first-order chi connectivity index (χ1) is 9.95. The SMILES string of the molecule is C=[P+](C)C(CC)C(CCCCC1=CCC(C)=CC1)[P+](=C)C. The largest absolute Gasteiger partial charge is 0.158 e. The van der Waals surface area contributed by atoms with Crippen molar-refractivity contribution in [3.63, 3.8) is 0 Å². The van der Waals surface area contributed by atoms with Crippen LogP contribution in [-0.4, -0.2) is 37.2 Å². The van der Waals surface area contributed by atoms with E-state index in [1.165, 1.54) is 50.5 Å². The van der Waals surface area contributed by atoms with E-state index in [0.717, 1.165) is 11.3 Å². The lowest BCUT2D eigenvalue weighted by Gasteiger charge is -2.15. The van der Waals surface area contributed by atoms with Gasteiger partial charge in [-0.2, -0.15) is 0 Å². The van der Waals surface area contributed by atoms with Gasteiger partial charge in [0.05, 0.1) is 41.0 Å². The summed E-state index contributed by atoms with van der Waals surface area (Å²) in [6.07, 6.45) is 22.7. The molecule has 1 aliphatic rings. The van der Waals surface area contributed by atoms with E-state index in [9.17, 15) is 0 Å². The van der Waals surface area contributed by atoms with Crippen LogP contribution in [0.15, 0.2) is 23.3 Å². The predicted molar refractivity (Wildman–Crippen MR) is 107 cm³/mol. The van der Waals surface area contributed by atoms with E-state index in [-0.39, 0.29) is 15.1 Å². The lowest BCUT2D eigenvalue weighted by molar-refractivity contribution is 0.619. The number of hydrogen-bond donors (Lipinski definition) is 0. The van der Waals surface area contributed by atoms with Crippen LogP contribution in [0.2, 0.25) is 0 Å². The van der Waals surface area contributed by atoms with Gasteiger partial charge in [-0.25, -0.2) is 0 Å². The van der Waals surface area contributed by atoms with E-state index in [0.29, 0.717) is 0 Å². The molecule has 1 aliphatic carbocycles. The molecule has 0 aromatic heterocycles. The van der Waals surface area contributed by atoms with Crippen LogP contribution in [-0.2, 0) is 0 Å². The molecule has 0 fully saturated rings. The molecule has 0 heterocycles. The van der Waals surface area contributed by atoms with Gasteiger partial charge in [0, 0.05) is 0 Å². The van der Waals surface area contributed by atoms with E-state index in [4.69, 9.17) is 0 Å². The fourth-order valence-electron chi connectivity index (χ4n) is 3.27. The third-order valence-corrected chi connectivity index (χ3v) is 8.51. The first-order valence-electron chi connectivity index (χ1n) is 8.35. The summed E-state index contributed by atoms with van der Waals surface area (Å²) in [5, 5.41) is 0. The fraction of sp³-hybridized carbons (Fsp3) is 0.684. The molecule has 0 aliphatic heterocycles. The van der Waals surface area contributed by atoms with Gasteiger partial charge < -0.3 is 0 Å². The van der Waals surface area contributed by atoms with Crippen LogP contribution in [0.1, 0.15) is 58.8 Å². The van der Waals surface area contributed by atoms with E-state index in [1.807, 2.05) is 0 Å². The Morgan fingerprint density at radius 1 is 1.05 bits per heavy atom. The summed E-state index contributed by atoms with van der Waals surface area (Å²) in [5.74, 6) is 0. The molecule has 0 saturated carbocycles. The minimum absolute atomic E-state index is 0.0668. The molecular formula is C19H34P2+2. The zero-order chi connectivity index (χ0) is 15.8. The van der Waals surface area contributed by atoms with Crippen molar-refractivity contribution in [3.8, 4) is 0 Å². The van der Waals surface area contributed by atoms with Crippen molar-refractivity contribution in [2.45, 2.75) is 70.1 Å². The predicted octanol–water partition coefficient (Wildman–Crippen LogP) is 6.45. The molecule has 4 unspecified atom stereocenters. The van der Waals surface area contributed by atoms with Crippen LogP contribution in [0, 0.1) is 0 Å². The molecule has 0 bridgehead atoms. The zero-order valence-corrected chi connectivity index (χ0v) is 16.4. The van der Waals surface area contributed by atoms with Gasteiger partial charge in [0.1, 0.15) is 0 Å². The highest BCUT2D eigenvalue weighted by Crippen LogP contribution is 2.41. The summed E-state index contributed by atoms with van der Waals surface area (Å²) in [5.41, 5.74) is 4.85. The summed E-state index contributed by atoms with van der Waals surface area (Å²) in [4.78, 5) is 0. The second kappa shape index (κ2) is 9.76. The molecule has 0 spiro atoms. The molecule has 2 heteroatoms. The Hall–Kier alpha value is -0.180. The topological polar surface area (TPSA) is 0 Å². The monoisotopic (exact) mass is 324 g/mol. The molecule has 0 saturated heterocycles. The average Bonchev–Trinajstić information content (AvgIpc) is 2.43. The van der Waals surface area contributed by atoms with Gasteiger partial charge in [-0.1, -0.05) is 30.2 Å². The maximum Gasteiger partial charge on any atom is 0.158 e. The Bertz CT molecular complexity index is 429. The van der Waals surface area contributed by atoms with Crippen LogP contribution >= 0.6 is 15.1 Å². The molecule has 0 aromatic carbocycles. The van der Waals surface area contributed by atoms with E-state index in [2.05, 4.69) is 51.9 Å². The van der Waals surface area contributed by atoms with Crippen molar-refractivity contribution in [2.75, 3.05) is 13.3 Å². The Morgan fingerprint density at radius 2 is 1.71 bits per heavy atom. The van der Waals surface area contributed by atoms with Crippen LogP contribution in [0.5, 0.6) is 0 Å². The Kier molecular flexibility index (Phi) is 8.77. The molecule has 0 radical (unpaired) electrons. The third-order valence-electron chi connectivity index (χ3n) is 4.67. The average molecular weight is 324 g/mol. The van der Waals surface area contributed by atoms with Gasteiger partial charge in [-0.15, -0.1) is 0 Å².